The SMILES string of the molecule is Cn1c(=O)c(COc2ccccc2C#N)nc2ccccc21. The molecule has 0 aliphatic heterocycles. The predicted octanol–water partition coefficient (Wildman–Crippen LogP) is 2.38. The predicted molar refractivity (Wildman–Crippen MR) is 82.5 cm³/mol. The van der Waals surface area contributed by atoms with Crippen LogP contribution in [-0.4, -0.2) is 9.55 Å². The molecule has 1 aromatic heterocycles. The lowest BCUT2D eigenvalue weighted by atomic mass is 10.2. The van der Waals surface area contributed by atoms with Gasteiger partial charge in [-0.3, -0.25) is 4.79 Å². The minimum Gasteiger partial charge on any atom is -0.486 e. The van der Waals surface area contributed by atoms with Crippen molar-refractivity contribution in [3.05, 3.63) is 70.1 Å². The zero-order valence-electron chi connectivity index (χ0n) is 12.0. The summed E-state index contributed by atoms with van der Waals surface area (Å²) in [4.78, 5) is 16.7. The average molecular weight is 291 g/mol. The van der Waals surface area contributed by atoms with E-state index in [4.69, 9.17) is 10.00 Å². The molecule has 3 aromatic rings. The maximum Gasteiger partial charge on any atom is 0.276 e. The van der Waals surface area contributed by atoms with E-state index in [1.54, 1.807) is 35.9 Å². The fourth-order valence-corrected chi connectivity index (χ4v) is 2.26. The van der Waals surface area contributed by atoms with Crippen LogP contribution in [0.1, 0.15) is 11.3 Å². The summed E-state index contributed by atoms with van der Waals surface area (Å²) in [6, 6.07) is 16.4. The molecule has 108 valence electrons. The van der Waals surface area contributed by atoms with Gasteiger partial charge in [0, 0.05) is 7.05 Å². The summed E-state index contributed by atoms with van der Waals surface area (Å²) >= 11 is 0. The zero-order valence-corrected chi connectivity index (χ0v) is 12.0. The van der Waals surface area contributed by atoms with E-state index in [0.717, 1.165) is 11.0 Å². The van der Waals surface area contributed by atoms with Crippen molar-refractivity contribution in [2.75, 3.05) is 0 Å². The summed E-state index contributed by atoms with van der Waals surface area (Å²) < 4.78 is 7.15. The maximum atomic E-state index is 12.3. The Kier molecular flexibility index (Phi) is 3.58. The Labute approximate surface area is 127 Å². The molecule has 0 aliphatic rings. The van der Waals surface area contributed by atoms with Crippen molar-refractivity contribution < 1.29 is 4.74 Å². The summed E-state index contributed by atoms with van der Waals surface area (Å²) in [5.41, 5.74) is 2.05. The number of aryl methyl sites for hydroxylation is 1. The van der Waals surface area contributed by atoms with Gasteiger partial charge in [0.1, 0.15) is 24.1 Å². The maximum absolute atomic E-state index is 12.3. The molecule has 22 heavy (non-hydrogen) atoms. The highest BCUT2D eigenvalue weighted by Gasteiger charge is 2.10. The van der Waals surface area contributed by atoms with Crippen LogP contribution in [0.3, 0.4) is 0 Å². The lowest BCUT2D eigenvalue weighted by Crippen LogP contribution is -2.24. The second kappa shape index (κ2) is 5.70. The Morgan fingerprint density at radius 1 is 1.18 bits per heavy atom. The molecule has 1 heterocycles. The third-order valence-corrected chi connectivity index (χ3v) is 3.42. The van der Waals surface area contributed by atoms with Gasteiger partial charge < -0.3 is 9.30 Å². The number of fused-ring (bicyclic) bond motifs is 1. The lowest BCUT2D eigenvalue weighted by molar-refractivity contribution is 0.298. The first-order chi connectivity index (χ1) is 10.7. The second-order valence-electron chi connectivity index (χ2n) is 4.81. The highest BCUT2D eigenvalue weighted by Crippen LogP contribution is 2.17. The van der Waals surface area contributed by atoms with Gasteiger partial charge in [0.05, 0.1) is 16.6 Å². The van der Waals surface area contributed by atoms with Gasteiger partial charge >= 0.3 is 0 Å². The number of hydrogen-bond donors (Lipinski definition) is 0. The Hall–Kier alpha value is -3.13. The molecule has 0 fully saturated rings. The van der Waals surface area contributed by atoms with Crippen LogP contribution in [0.5, 0.6) is 5.75 Å². The van der Waals surface area contributed by atoms with E-state index < -0.39 is 0 Å². The number of hydrogen-bond acceptors (Lipinski definition) is 4. The molecule has 0 aliphatic carbocycles. The Balaban J connectivity index is 1.96. The van der Waals surface area contributed by atoms with Crippen LogP contribution < -0.4 is 10.3 Å². The molecular formula is C17H13N3O2. The normalized spacial score (nSPS) is 10.4. The minimum absolute atomic E-state index is 0.0240. The van der Waals surface area contributed by atoms with E-state index in [9.17, 15) is 4.79 Å². The van der Waals surface area contributed by atoms with Crippen LogP contribution >= 0.6 is 0 Å². The molecule has 0 bridgehead atoms. The molecule has 5 heteroatoms. The number of ether oxygens (including phenoxy) is 1. The number of rotatable bonds is 3. The minimum atomic E-state index is -0.201. The van der Waals surface area contributed by atoms with Crippen molar-refractivity contribution in [3.63, 3.8) is 0 Å². The van der Waals surface area contributed by atoms with Gasteiger partial charge in [-0.15, -0.1) is 0 Å². The highest BCUT2D eigenvalue weighted by molar-refractivity contribution is 5.74. The second-order valence-corrected chi connectivity index (χ2v) is 4.81. The fraction of sp³-hybridized carbons (Fsp3) is 0.118. The van der Waals surface area contributed by atoms with Gasteiger partial charge in [0.25, 0.3) is 5.56 Å². The van der Waals surface area contributed by atoms with Crippen molar-refractivity contribution in [1.82, 2.24) is 9.55 Å². The molecule has 0 saturated heterocycles. The van der Waals surface area contributed by atoms with E-state index in [2.05, 4.69) is 11.1 Å². The first-order valence-electron chi connectivity index (χ1n) is 6.77. The number of nitrogens with zero attached hydrogens (tertiary/aromatic N) is 3. The van der Waals surface area contributed by atoms with Crippen molar-refractivity contribution >= 4 is 11.0 Å². The summed E-state index contributed by atoms with van der Waals surface area (Å²) in [7, 11) is 1.71. The summed E-state index contributed by atoms with van der Waals surface area (Å²) in [6.45, 7) is 0.0240. The van der Waals surface area contributed by atoms with Gasteiger partial charge in [-0.25, -0.2) is 4.98 Å². The van der Waals surface area contributed by atoms with Gasteiger partial charge in [0.15, 0.2) is 0 Å². The largest absolute Gasteiger partial charge is 0.486 e. The van der Waals surface area contributed by atoms with Crippen LogP contribution in [0.2, 0.25) is 0 Å². The van der Waals surface area contributed by atoms with E-state index in [1.165, 1.54) is 0 Å². The Bertz CT molecular complexity index is 939. The van der Waals surface area contributed by atoms with E-state index in [0.29, 0.717) is 17.0 Å². The summed E-state index contributed by atoms with van der Waals surface area (Å²) in [5.74, 6) is 0.446. The monoisotopic (exact) mass is 291 g/mol. The lowest BCUT2D eigenvalue weighted by Gasteiger charge is -2.10. The highest BCUT2D eigenvalue weighted by atomic mass is 16.5. The van der Waals surface area contributed by atoms with Crippen molar-refractivity contribution in [3.8, 4) is 11.8 Å². The van der Waals surface area contributed by atoms with Crippen LogP contribution in [0.4, 0.5) is 0 Å². The zero-order chi connectivity index (χ0) is 15.5. The molecule has 0 unspecified atom stereocenters. The average Bonchev–Trinajstić information content (AvgIpc) is 2.57. The standard InChI is InChI=1S/C17H13N3O2/c1-20-15-8-4-3-7-13(15)19-14(17(20)21)11-22-16-9-5-2-6-12(16)10-18/h2-9H,11H2,1H3. The number of para-hydroxylation sites is 3. The molecule has 2 aromatic carbocycles. The topological polar surface area (TPSA) is 67.9 Å². The fourth-order valence-electron chi connectivity index (χ4n) is 2.26. The van der Waals surface area contributed by atoms with Crippen molar-refractivity contribution in [1.29, 1.82) is 5.26 Å². The van der Waals surface area contributed by atoms with Crippen LogP contribution in [0.15, 0.2) is 53.3 Å². The van der Waals surface area contributed by atoms with Gasteiger partial charge in [-0.2, -0.15) is 5.26 Å². The van der Waals surface area contributed by atoms with E-state index >= 15 is 0 Å². The molecule has 5 nitrogen and oxygen atoms in total. The van der Waals surface area contributed by atoms with Gasteiger partial charge in [-0.05, 0) is 24.3 Å². The molecule has 0 atom stereocenters. The van der Waals surface area contributed by atoms with Crippen LogP contribution in [-0.2, 0) is 13.7 Å². The molecule has 0 radical (unpaired) electrons. The third-order valence-electron chi connectivity index (χ3n) is 3.42. The molecular weight excluding hydrogens is 278 g/mol. The molecule has 3 rings (SSSR count). The quantitative estimate of drug-likeness (QED) is 0.743. The van der Waals surface area contributed by atoms with Crippen molar-refractivity contribution in [2.24, 2.45) is 7.05 Å². The Morgan fingerprint density at radius 3 is 2.73 bits per heavy atom. The molecule has 0 saturated carbocycles. The van der Waals surface area contributed by atoms with Gasteiger partial charge in [-0.1, -0.05) is 24.3 Å². The van der Waals surface area contributed by atoms with E-state index in [1.807, 2.05) is 24.3 Å². The smallest absolute Gasteiger partial charge is 0.276 e. The molecule has 0 spiro atoms. The van der Waals surface area contributed by atoms with Gasteiger partial charge in [0.2, 0.25) is 0 Å². The Morgan fingerprint density at radius 2 is 1.91 bits per heavy atom. The molecule has 0 N–H and O–H groups in total. The van der Waals surface area contributed by atoms with Crippen LogP contribution in [0, 0.1) is 11.3 Å². The molecule has 0 amide bonds. The van der Waals surface area contributed by atoms with Crippen molar-refractivity contribution in [2.45, 2.75) is 6.61 Å². The van der Waals surface area contributed by atoms with E-state index in [-0.39, 0.29) is 12.2 Å². The third kappa shape index (κ3) is 2.42. The summed E-state index contributed by atoms with van der Waals surface area (Å²) in [5, 5.41) is 9.04. The summed E-state index contributed by atoms with van der Waals surface area (Å²) in [6.07, 6.45) is 0. The van der Waals surface area contributed by atoms with Crippen LogP contribution in [0.25, 0.3) is 11.0 Å². The number of aromatic nitrogens is 2. The first kappa shape index (κ1) is 13.8. The first-order valence-corrected chi connectivity index (χ1v) is 6.77. The number of benzene rings is 2. The number of nitriles is 1.